The van der Waals surface area contributed by atoms with Crippen LogP contribution in [0, 0.1) is 5.92 Å². The van der Waals surface area contributed by atoms with Crippen LogP contribution in [0.15, 0.2) is 24.3 Å². The molecule has 2 nitrogen and oxygen atoms in total. The minimum Gasteiger partial charge on any atom is -0.406 e. The van der Waals surface area contributed by atoms with Crippen LogP contribution in [-0.2, 0) is 0 Å². The van der Waals surface area contributed by atoms with E-state index in [-0.39, 0.29) is 5.75 Å². The molecule has 0 spiro atoms. The van der Waals surface area contributed by atoms with Gasteiger partial charge in [-0.1, -0.05) is 31.9 Å². The van der Waals surface area contributed by atoms with E-state index in [1.54, 1.807) is 12.1 Å². The first kappa shape index (κ1) is 16.1. The van der Waals surface area contributed by atoms with E-state index in [1.807, 2.05) is 6.07 Å². The molecular weight excluding hydrogens is 279 g/mol. The Bertz CT molecular complexity index is 447. The summed E-state index contributed by atoms with van der Waals surface area (Å²) in [5, 5.41) is 3.36. The monoisotopic (exact) mass is 301 g/mol. The van der Waals surface area contributed by atoms with Crippen molar-refractivity contribution < 1.29 is 17.9 Å². The molecule has 1 aromatic carbocycles. The third kappa shape index (κ3) is 4.92. The Morgan fingerprint density at radius 1 is 1.24 bits per heavy atom. The van der Waals surface area contributed by atoms with E-state index in [2.05, 4.69) is 17.0 Å². The van der Waals surface area contributed by atoms with Gasteiger partial charge >= 0.3 is 6.36 Å². The SMILES string of the molecule is CCNCC1CCCCC1c1cccc(OC(F)(F)F)c1. The van der Waals surface area contributed by atoms with Gasteiger partial charge in [0.25, 0.3) is 0 Å². The van der Waals surface area contributed by atoms with E-state index >= 15 is 0 Å². The molecule has 0 aliphatic heterocycles. The summed E-state index contributed by atoms with van der Waals surface area (Å²) in [6.45, 7) is 3.90. The quantitative estimate of drug-likeness (QED) is 0.866. The average Bonchev–Trinajstić information content (AvgIpc) is 2.44. The van der Waals surface area contributed by atoms with Crippen LogP contribution in [0.4, 0.5) is 13.2 Å². The Labute approximate surface area is 123 Å². The van der Waals surface area contributed by atoms with Crippen molar-refractivity contribution in [2.24, 2.45) is 5.92 Å². The summed E-state index contributed by atoms with van der Waals surface area (Å²) >= 11 is 0. The largest absolute Gasteiger partial charge is 0.573 e. The van der Waals surface area contributed by atoms with Crippen molar-refractivity contribution in [1.82, 2.24) is 5.32 Å². The Morgan fingerprint density at radius 2 is 2.00 bits per heavy atom. The highest BCUT2D eigenvalue weighted by atomic mass is 19.4. The minimum absolute atomic E-state index is 0.118. The van der Waals surface area contributed by atoms with Crippen LogP contribution in [0.5, 0.6) is 5.75 Å². The van der Waals surface area contributed by atoms with Crippen molar-refractivity contribution >= 4 is 0 Å². The van der Waals surface area contributed by atoms with Gasteiger partial charge in [0.1, 0.15) is 5.75 Å². The molecule has 0 bridgehead atoms. The van der Waals surface area contributed by atoms with Gasteiger partial charge in [0, 0.05) is 0 Å². The highest BCUT2D eigenvalue weighted by Gasteiger charge is 2.32. The third-order valence-corrected chi connectivity index (χ3v) is 4.09. The van der Waals surface area contributed by atoms with Gasteiger partial charge in [-0.2, -0.15) is 0 Å². The van der Waals surface area contributed by atoms with Crippen LogP contribution in [-0.4, -0.2) is 19.5 Å². The van der Waals surface area contributed by atoms with E-state index < -0.39 is 6.36 Å². The number of benzene rings is 1. The van der Waals surface area contributed by atoms with Crippen LogP contribution in [0.25, 0.3) is 0 Å². The summed E-state index contributed by atoms with van der Waals surface area (Å²) < 4.78 is 41.0. The molecule has 118 valence electrons. The number of ether oxygens (including phenoxy) is 1. The van der Waals surface area contributed by atoms with Crippen molar-refractivity contribution in [1.29, 1.82) is 0 Å². The molecule has 2 atom stereocenters. The second kappa shape index (κ2) is 7.16. The lowest BCUT2D eigenvalue weighted by atomic mass is 9.75. The summed E-state index contributed by atoms with van der Waals surface area (Å²) in [5.41, 5.74) is 0.958. The molecule has 1 N–H and O–H groups in total. The predicted octanol–water partition coefficient (Wildman–Crippen LogP) is 4.47. The zero-order valence-electron chi connectivity index (χ0n) is 12.2. The number of rotatable bonds is 5. The molecule has 0 heterocycles. The molecule has 2 unspecified atom stereocenters. The number of halogens is 3. The van der Waals surface area contributed by atoms with Gasteiger partial charge in [0.05, 0.1) is 0 Å². The van der Waals surface area contributed by atoms with Crippen LogP contribution in [0.1, 0.15) is 44.1 Å². The lowest BCUT2D eigenvalue weighted by Gasteiger charge is -2.32. The summed E-state index contributed by atoms with van der Waals surface area (Å²) in [7, 11) is 0. The smallest absolute Gasteiger partial charge is 0.406 e. The van der Waals surface area contributed by atoms with Crippen molar-refractivity contribution in [2.75, 3.05) is 13.1 Å². The van der Waals surface area contributed by atoms with Gasteiger partial charge in [0.15, 0.2) is 0 Å². The molecule has 21 heavy (non-hydrogen) atoms. The molecule has 5 heteroatoms. The Hall–Kier alpha value is -1.23. The first-order valence-corrected chi connectivity index (χ1v) is 7.56. The highest BCUT2D eigenvalue weighted by molar-refractivity contribution is 5.31. The Kier molecular flexibility index (Phi) is 5.51. The molecular formula is C16H22F3NO. The number of nitrogens with one attached hydrogen (secondary N) is 1. The van der Waals surface area contributed by atoms with Gasteiger partial charge in [-0.15, -0.1) is 13.2 Å². The maximum atomic E-state index is 12.3. The van der Waals surface area contributed by atoms with E-state index in [0.717, 1.165) is 37.9 Å². The van der Waals surface area contributed by atoms with Crippen molar-refractivity contribution in [3.05, 3.63) is 29.8 Å². The van der Waals surface area contributed by atoms with Crippen LogP contribution < -0.4 is 10.1 Å². The van der Waals surface area contributed by atoms with Crippen molar-refractivity contribution in [3.63, 3.8) is 0 Å². The first-order valence-electron chi connectivity index (χ1n) is 7.56. The summed E-state index contributed by atoms with van der Waals surface area (Å²) in [6.07, 6.45) is -0.134. The molecule has 0 saturated heterocycles. The fourth-order valence-corrected chi connectivity index (χ4v) is 3.16. The van der Waals surface area contributed by atoms with Crippen molar-refractivity contribution in [2.45, 2.75) is 44.9 Å². The fourth-order valence-electron chi connectivity index (χ4n) is 3.16. The molecule has 0 amide bonds. The number of hydrogen-bond acceptors (Lipinski definition) is 2. The summed E-state index contributed by atoms with van der Waals surface area (Å²) in [4.78, 5) is 0. The molecule has 0 aromatic heterocycles. The topological polar surface area (TPSA) is 21.3 Å². The second-order valence-electron chi connectivity index (χ2n) is 5.58. The van der Waals surface area contributed by atoms with Crippen LogP contribution in [0.2, 0.25) is 0 Å². The summed E-state index contributed by atoms with van der Waals surface area (Å²) in [5.74, 6) is 0.683. The third-order valence-electron chi connectivity index (χ3n) is 4.09. The van der Waals surface area contributed by atoms with Gasteiger partial charge in [-0.05, 0) is 55.5 Å². The zero-order chi connectivity index (χ0) is 15.3. The van der Waals surface area contributed by atoms with Gasteiger partial charge < -0.3 is 10.1 Å². The molecule has 2 rings (SSSR count). The van der Waals surface area contributed by atoms with E-state index in [9.17, 15) is 13.2 Å². The van der Waals surface area contributed by atoms with Crippen LogP contribution in [0.3, 0.4) is 0 Å². The minimum atomic E-state index is -4.63. The molecule has 1 saturated carbocycles. The Balaban J connectivity index is 2.12. The summed E-state index contributed by atoms with van der Waals surface area (Å²) in [6, 6.07) is 6.47. The van der Waals surface area contributed by atoms with Crippen molar-refractivity contribution in [3.8, 4) is 5.75 Å². The highest BCUT2D eigenvalue weighted by Crippen LogP contribution is 2.38. The zero-order valence-corrected chi connectivity index (χ0v) is 12.2. The molecule has 1 aromatic rings. The van der Waals surface area contributed by atoms with E-state index in [1.165, 1.54) is 12.5 Å². The molecule has 0 radical (unpaired) electrons. The standard InChI is InChI=1S/C16H22F3NO/c1-2-20-11-13-6-3-4-9-15(13)12-7-5-8-14(10-12)21-16(17,18)19/h5,7-8,10,13,15,20H,2-4,6,9,11H2,1H3. The Morgan fingerprint density at radius 3 is 2.71 bits per heavy atom. The second-order valence-corrected chi connectivity index (χ2v) is 5.58. The number of hydrogen-bond donors (Lipinski definition) is 1. The molecule has 1 fully saturated rings. The van der Waals surface area contributed by atoms with E-state index in [4.69, 9.17) is 0 Å². The van der Waals surface area contributed by atoms with Crippen LogP contribution >= 0.6 is 0 Å². The molecule has 1 aliphatic carbocycles. The maximum Gasteiger partial charge on any atom is 0.573 e. The van der Waals surface area contributed by atoms with Gasteiger partial charge in [-0.25, -0.2) is 0 Å². The normalized spacial score (nSPS) is 23.0. The van der Waals surface area contributed by atoms with Gasteiger partial charge in [-0.3, -0.25) is 0 Å². The maximum absolute atomic E-state index is 12.3. The molecule has 1 aliphatic rings. The fraction of sp³-hybridized carbons (Fsp3) is 0.625. The van der Waals surface area contributed by atoms with E-state index in [0.29, 0.717) is 11.8 Å². The lowest BCUT2D eigenvalue weighted by molar-refractivity contribution is -0.274. The first-order chi connectivity index (χ1) is 9.99. The lowest BCUT2D eigenvalue weighted by Crippen LogP contribution is -2.29. The average molecular weight is 301 g/mol. The number of alkyl halides is 3. The van der Waals surface area contributed by atoms with Gasteiger partial charge in [0.2, 0.25) is 0 Å². The predicted molar refractivity (Wildman–Crippen MR) is 76.4 cm³/mol.